The summed E-state index contributed by atoms with van der Waals surface area (Å²) >= 11 is 1.64. The van der Waals surface area contributed by atoms with Crippen LogP contribution in [-0.2, 0) is 0 Å². The van der Waals surface area contributed by atoms with Gasteiger partial charge in [-0.15, -0.1) is 0 Å². The molecule has 0 atom stereocenters. The third-order valence-electron chi connectivity index (χ3n) is 3.48. The summed E-state index contributed by atoms with van der Waals surface area (Å²) in [5.41, 5.74) is 1.74. The summed E-state index contributed by atoms with van der Waals surface area (Å²) in [6, 6.07) is 6.30. The minimum absolute atomic E-state index is 0.107. The normalized spacial score (nSPS) is 16.3. The predicted octanol–water partition coefficient (Wildman–Crippen LogP) is 3.85. The van der Waals surface area contributed by atoms with Crippen molar-refractivity contribution in [2.24, 2.45) is 0 Å². The lowest BCUT2D eigenvalue weighted by Gasteiger charge is -2.09. The first-order valence-electron chi connectivity index (χ1n) is 6.40. The third kappa shape index (κ3) is 2.25. The SMILES string of the molecule is CC(=O)c1ccc2nc(NC3CCCC3)sc2c1. The molecule has 0 radical (unpaired) electrons. The van der Waals surface area contributed by atoms with E-state index in [2.05, 4.69) is 10.3 Å². The fourth-order valence-corrected chi connectivity index (χ4v) is 3.43. The van der Waals surface area contributed by atoms with E-state index in [1.54, 1.807) is 18.3 Å². The van der Waals surface area contributed by atoms with Gasteiger partial charge in [-0.2, -0.15) is 0 Å². The van der Waals surface area contributed by atoms with Crippen LogP contribution in [0.5, 0.6) is 0 Å². The van der Waals surface area contributed by atoms with Gasteiger partial charge in [0.15, 0.2) is 10.9 Å². The Bertz CT molecular complexity index is 584. The van der Waals surface area contributed by atoms with E-state index in [0.29, 0.717) is 6.04 Å². The molecule has 1 fully saturated rings. The number of hydrogen-bond donors (Lipinski definition) is 1. The zero-order valence-corrected chi connectivity index (χ0v) is 11.2. The van der Waals surface area contributed by atoms with Gasteiger partial charge in [0.05, 0.1) is 10.2 Å². The fraction of sp³-hybridized carbons (Fsp3) is 0.429. The topological polar surface area (TPSA) is 42.0 Å². The number of rotatable bonds is 3. The number of Topliss-reactive ketones (excluding diaryl/α,β-unsaturated/α-hetero) is 1. The van der Waals surface area contributed by atoms with E-state index in [0.717, 1.165) is 20.9 Å². The molecule has 0 amide bonds. The van der Waals surface area contributed by atoms with Crippen molar-refractivity contribution in [3.8, 4) is 0 Å². The summed E-state index contributed by atoms with van der Waals surface area (Å²) in [7, 11) is 0. The highest BCUT2D eigenvalue weighted by Gasteiger charge is 2.16. The van der Waals surface area contributed by atoms with Crippen LogP contribution in [0.15, 0.2) is 18.2 Å². The molecular weight excluding hydrogens is 244 g/mol. The van der Waals surface area contributed by atoms with Gasteiger partial charge in [0.25, 0.3) is 0 Å². The molecule has 1 aromatic heterocycles. The monoisotopic (exact) mass is 260 g/mol. The molecule has 3 nitrogen and oxygen atoms in total. The van der Waals surface area contributed by atoms with E-state index in [-0.39, 0.29) is 5.78 Å². The Morgan fingerprint density at radius 3 is 2.89 bits per heavy atom. The van der Waals surface area contributed by atoms with Gasteiger partial charge in [-0.05, 0) is 38.0 Å². The quantitative estimate of drug-likeness (QED) is 0.852. The molecule has 1 heterocycles. The zero-order chi connectivity index (χ0) is 12.5. The minimum Gasteiger partial charge on any atom is -0.359 e. The maximum atomic E-state index is 11.3. The summed E-state index contributed by atoms with van der Waals surface area (Å²) in [5, 5.41) is 4.49. The zero-order valence-electron chi connectivity index (χ0n) is 10.4. The van der Waals surface area contributed by atoms with Gasteiger partial charge >= 0.3 is 0 Å². The lowest BCUT2D eigenvalue weighted by Crippen LogP contribution is -2.13. The molecule has 1 N–H and O–H groups in total. The number of thiazole rings is 1. The molecule has 0 bridgehead atoms. The van der Waals surface area contributed by atoms with Crippen molar-refractivity contribution in [3.05, 3.63) is 23.8 Å². The molecule has 1 saturated carbocycles. The van der Waals surface area contributed by atoms with Crippen LogP contribution in [0.4, 0.5) is 5.13 Å². The van der Waals surface area contributed by atoms with Gasteiger partial charge in [0.1, 0.15) is 0 Å². The molecule has 2 aromatic rings. The lowest BCUT2D eigenvalue weighted by molar-refractivity contribution is 0.101. The summed E-state index contributed by atoms with van der Waals surface area (Å²) in [6.07, 6.45) is 5.12. The fourth-order valence-electron chi connectivity index (χ4n) is 2.45. The number of aromatic nitrogens is 1. The van der Waals surface area contributed by atoms with Crippen LogP contribution in [0.2, 0.25) is 0 Å². The lowest BCUT2D eigenvalue weighted by atomic mass is 10.1. The predicted molar refractivity (Wildman–Crippen MR) is 75.5 cm³/mol. The first-order valence-corrected chi connectivity index (χ1v) is 7.22. The molecule has 94 valence electrons. The van der Waals surface area contributed by atoms with Crippen LogP contribution < -0.4 is 5.32 Å². The van der Waals surface area contributed by atoms with Gasteiger partial charge < -0.3 is 5.32 Å². The molecule has 4 heteroatoms. The molecule has 0 unspecified atom stereocenters. The summed E-state index contributed by atoms with van der Waals surface area (Å²) < 4.78 is 1.09. The Kier molecular flexibility index (Phi) is 3.04. The van der Waals surface area contributed by atoms with Crippen LogP contribution in [0, 0.1) is 0 Å². The highest BCUT2D eigenvalue weighted by Crippen LogP contribution is 2.29. The third-order valence-corrected chi connectivity index (χ3v) is 4.43. The van der Waals surface area contributed by atoms with E-state index in [9.17, 15) is 4.79 Å². The van der Waals surface area contributed by atoms with Crippen LogP contribution in [0.3, 0.4) is 0 Å². The number of ketones is 1. The molecular formula is C14H16N2OS. The number of nitrogens with zero attached hydrogens (tertiary/aromatic N) is 1. The second kappa shape index (κ2) is 4.69. The summed E-state index contributed by atoms with van der Waals surface area (Å²) in [4.78, 5) is 15.9. The van der Waals surface area contributed by atoms with E-state index < -0.39 is 0 Å². The molecule has 0 aliphatic heterocycles. The van der Waals surface area contributed by atoms with Gasteiger partial charge in [-0.1, -0.05) is 24.2 Å². The number of nitrogens with one attached hydrogen (secondary N) is 1. The molecule has 18 heavy (non-hydrogen) atoms. The average Bonchev–Trinajstić information content (AvgIpc) is 2.96. The molecule has 3 rings (SSSR count). The average molecular weight is 260 g/mol. The highest BCUT2D eigenvalue weighted by atomic mass is 32.1. The Balaban J connectivity index is 1.87. The first-order chi connectivity index (χ1) is 8.72. The van der Waals surface area contributed by atoms with Gasteiger partial charge in [0.2, 0.25) is 0 Å². The van der Waals surface area contributed by atoms with Crippen molar-refractivity contribution in [3.63, 3.8) is 0 Å². The van der Waals surface area contributed by atoms with Crippen LogP contribution >= 0.6 is 11.3 Å². The van der Waals surface area contributed by atoms with Crippen molar-refractivity contribution in [1.29, 1.82) is 0 Å². The van der Waals surface area contributed by atoms with E-state index in [4.69, 9.17) is 0 Å². The number of hydrogen-bond acceptors (Lipinski definition) is 4. The molecule has 1 aromatic carbocycles. The van der Waals surface area contributed by atoms with Crippen molar-refractivity contribution in [2.45, 2.75) is 38.6 Å². The number of carbonyl (C=O) groups excluding carboxylic acids is 1. The molecule has 1 aliphatic rings. The van der Waals surface area contributed by atoms with E-state index >= 15 is 0 Å². The number of benzene rings is 1. The second-order valence-electron chi connectivity index (χ2n) is 4.88. The Morgan fingerprint density at radius 2 is 2.17 bits per heavy atom. The van der Waals surface area contributed by atoms with Crippen LogP contribution in [0.25, 0.3) is 10.2 Å². The van der Waals surface area contributed by atoms with Crippen molar-refractivity contribution >= 4 is 32.5 Å². The Morgan fingerprint density at radius 1 is 1.39 bits per heavy atom. The molecule has 0 saturated heterocycles. The standard InChI is InChI=1S/C14H16N2OS/c1-9(17)10-6-7-12-13(8-10)18-14(16-12)15-11-4-2-3-5-11/h6-8,11H,2-5H2,1H3,(H,15,16). The van der Waals surface area contributed by atoms with Gasteiger partial charge in [-0.25, -0.2) is 4.98 Å². The Labute approximate surface area is 110 Å². The largest absolute Gasteiger partial charge is 0.359 e. The van der Waals surface area contributed by atoms with Gasteiger partial charge in [-0.3, -0.25) is 4.79 Å². The van der Waals surface area contributed by atoms with E-state index in [1.807, 2.05) is 18.2 Å². The highest BCUT2D eigenvalue weighted by molar-refractivity contribution is 7.22. The maximum Gasteiger partial charge on any atom is 0.184 e. The second-order valence-corrected chi connectivity index (χ2v) is 5.91. The van der Waals surface area contributed by atoms with E-state index in [1.165, 1.54) is 25.7 Å². The summed E-state index contributed by atoms with van der Waals surface area (Å²) in [6.45, 7) is 1.60. The van der Waals surface area contributed by atoms with Crippen LogP contribution in [-0.4, -0.2) is 16.8 Å². The van der Waals surface area contributed by atoms with Crippen molar-refractivity contribution in [1.82, 2.24) is 4.98 Å². The van der Waals surface area contributed by atoms with Crippen molar-refractivity contribution in [2.75, 3.05) is 5.32 Å². The number of carbonyl (C=O) groups is 1. The minimum atomic E-state index is 0.107. The van der Waals surface area contributed by atoms with Crippen LogP contribution in [0.1, 0.15) is 43.0 Å². The summed E-state index contributed by atoms with van der Waals surface area (Å²) in [5.74, 6) is 0.107. The van der Waals surface area contributed by atoms with Gasteiger partial charge in [0, 0.05) is 11.6 Å². The number of fused-ring (bicyclic) bond motifs is 1. The molecule has 0 spiro atoms. The number of anilines is 1. The smallest absolute Gasteiger partial charge is 0.184 e. The van der Waals surface area contributed by atoms with Crippen molar-refractivity contribution < 1.29 is 4.79 Å². The molecule has 1 aliphatic carbocycles. The Hall–Kier alpha value is -1.42. The maximum absolute atomic E-state index is 11.3. The first kappa shape index (κ1) is 11.7.